The van der Waals surface area contributed by atoms with E-state index in [9.17, 15) is 4.79 Å². The van der Waals surface area contributed by atoms with Gasteiger partial charge in [0.15, 0.2) is 0 Å². The van der Waals surface area contributed by atoms with Crippen LogP contribution in [0.5, 0.6) is 0 Å². The average Bonchev–Trinajstić information content (AvgIpc) is 3.13. The molecule has 1 unspecified atom stereocenters. The van der Waals surface area contributed by atoms with E-state index in [0.717, 1.165) is 21.6 Å². The first-order chi connectivity index (χ1) is 11.8. The minimum Gasteiger partial charge on any atom is -0.375 e. The third kappa shape index (κ3) is 3.72. The maximum Gasteiger partial charge on any atom is 0.262 e. The molecule has 3 aromatic rings. The SMILES string of the molecule is COC(CNC(=O)c1sccc1-c1ccccc1)c1ccccc1. The van der Waals surface area contributed by atoms with E-state index in [4.69, 9.17) is 4.74 Å². The van der Waals surface area contributed by atoms with Gasteiger partial charge >= 0.3 is 0 Å². The summed E-state index contributed by atoms with van der Waals surface area (Å²) in [4.78, 5) is 13.3. The second-order valence-corrected chi connectivity index (χ2v) is 6.29. The van der Waals surface area contributed by atoms with Crippen molar-refractivity contribution in [3.8, 4) is 11.1 Å². The molecule has 0 bridgehead atoms. The van der Waals surface area contributed by atoms with Crippen molar-refractivity contribution in [1.82, 2.24) is 5.32 Å². The number of methoxy groups -OCH3 is 1. The average molecular weight is 337 g/mol. The highest BCUT2D eigenvalue weighted by atomic mass is 32.1. The molecule has 0 aliphatic carbocycles. The molecule has 1 atom stereocenters. The number of benzene rings is 2. The van der Waals surface area contributed by atoms with Gasteiger partial charge in [0, 0.05) is 19.2 Å². The number of carbonyl (C=O) groups excluding carboxylic acids is 1. The summed E-state index contributed by atoms with van der Waals surface area (Å²) in [6.45, 7) is 0.436. The molecule has 1 aromatic heterocycles. The second-order valence-electron chi connectivity index (χ2n) is 5.37. The van der Waals surface area contributed by atoms with Crippen LogP contribution in [-0.2, 0) is 4.74 Å². The van der Waals surface area contributed by atoms with Crippen molar-refractivity contribution in [2.45, 2.75) is 6.10 Å². The molecule has 4 heteroatoms. The van der Waals surface area contributed by atoms with Crippen molar-refractivity contribution >= 4 is 17.2 Å². The van der Waals surface area contributed by atoms with Gasteiger partial charge in [0.25, 0.3) is 5.91 Å². The molecule has 0 radical (unpaired) electrons. The Kier molecular flexibility index (Phi) is 5.41. The van der Waals surface area contributed by atoms with E-state index in [1.807, 2.05) is 72.1 Å². The van der Waals surface area contributed by atoms with Crippen LogP contribution in [0.1, 0.15) is 21.3 Å². The Balaban J connectivity index is 1.71. The molecular weight excluding hydrogens is 318 g/mol. The summed E-state index contributed by atoms with van der Waals surface area (Å²) < 4.78 is 5.51. The van der Waals surface area contributed by atoms with Crippen LogP contribution in [0.15, 0.2) is 72.1 Å². The van der Waals surface area contributed by atoms with E-state index >= 15 is 0 Å². The largest absolute Gasteiger partial charge is 0.375 e. The molecule has 3 nitrogen and oxygen atoms in total. The van der Waals surface area contributed by atoms with E-state index in [0.29, 0.717) is 6.54 Å². The number of carbonyl (C=O) groups is 1. The Morgan fingerprint density at radius 1 is 1.04 bits per heavy atom. The van der Waals surface area contributed by atoms with Gasteiger partial charge < -0.3 is 10.1 Å². The van der Waals surface area contributed by atoms with Crippen molar-refractivity contribution in [1.29, 1.82) is 0 Å². The number of nitrogens with one attached hydrogen (secondary N) is 1. The fourth-order valence-corrected chi connectivity index (χ4v) is 3.43. The zero-order chi connectivity index (χ0) is 16.8. The van der Waals surface area contributed by atoms with E-state index in [1.165, 1.54) is 11.3 Å². The molecule has 3 rings (SSSR count). The highest BCUT2D eigenvalue weighted by Gasteiger charge is 2.17. The summed E-state index contributed by atoms with van der Waals surface area (Å²) in [6.07, 6.45) is -0.157. The zero-order valence-electron chi connectivity index (χ0n) is 13.4. The number of hydrogen-bond donors (Lipinski definition) is 1. The summed E-state index contributed by atoms with van der Waals surface area (Å²) in [5.74, 6) is -0.0677. The van der Waals surface area contributed by atoms with Crippen LogP contribution in [0, 0.1) is 0 Å². The van der Waals surface area contributed by atoms with Gasteiger partial charge in [-0.2, -0.15) is 0 Å². The fourth-order valence-electron chi connectivity index (χ4n) is 2.60. The van der Waals surface area contributed by atoms with Crippen LogP contribution in [0.4, 0.5) is 0 Å². The first kappa shape index (κ1) is 16.4. The number of rotatable bonds is 6. The predicted molar refractivity (Wildman–Crippen MR) is 98.3 cm³/mol. The number of amides is 1. The lowest BCUT2D eigenvalue weighted by Gasteiger charge is -2.16. The van der Waals surface area contributed by atoms with Gasteiger partial charge in [-0.15, -0.1) is 11.3 Å². The molecule has 1 N–H and O–H groups in total. The molecule has 122 valence electrons. The Morgan fingerprint density at radius 3 is 2.38 bits per heavy atom. The third-order valence-electron chi connectivity index (χ3n) is 3.86. The Morgan fingerprint density at radius 2 is 1.71 bits per heavy atom. The number of hydrogen-bond acceptors (Lipinski definition) is 3. The number of ether oxygens (including phenoxy) is 1. The molecule has 0 spiro atoms. The van der Waals surface area contributed by atoms with Crippen LogP contribution in [0.2, 0.25) is 0 Å². The predicted octanol–water partition coefficient (Wildman–Crippen LogP) is 4.53. The van der Waals surface area contributed by atoms with Crippen LogP contribution in [-0.4, -0.2) is 19.6 Å². The van der Waals surface area contributed by atoms with E-state index in [2.05, 4.69) is 5.32 Å². The van der Waals surface area contributed by atoms with E-state index < -0.39 is 0 Å². The summed E-state index contributed by atoms with van der Waals surface area (Å²) in [7, 11) is 1.66. The Labute approximate surface area is 145 Å². The molecule has 1 heterocycles. The number of thiophene rings is 1. The van der Waals surface area contributed by atoms with Crippen LogP contribution in [0.25, 0.3) is 11.1 Å². The molecule has 0 aliphatic heterocycles. The molecule has 24 heavy (non-hydrogen) atoms. The minimum absolute atomic E-state index is 0.0677. The van der Waals surface area contributed by atoms with Crippen molar-refractivity contribution in [3.05, 3.63) is 82.6 Å². The second kappa shape index (κ2) is 7.90. The summed E-state index contributed by atoms with van der Waals surface area (Å²) in [6, 6.07) is 21.8. The quantitative estimate of drug-likeness (QED) is 0.717. The van der Waals surface area contributed by atoms with Crippen LogP contribution >= 0.6 is 11.3 Å². The maximum absolute atomic E-state index is 12.6. The van der Waals surface area contributed by atoms with Crippen molar-refractivity contribution in [2.24, 2.45) is 0 Å². The van der Waals surface area contributed by atoms with Gasteiger partial charge in [-0.25, -0.2) is 0 Å². The molecule has 0 aliphatic rings. The third-order valence-corrected chi connectivity index (χ3v) is 4.77. The topological polar surface area (TPSA) is 38.3 Å². The lowest BCUT2D eigenvalue weighted by Crippen LogP contribution is -2.28. The molecule has 2 aromatic carbocycles. The molecule has 0 saturated carbocycles. The molecular formula is C20H19NO2S. The first-order valence-electron chi connectivity index (χ1n) is 7.78. The smallest absolute Gasteiger partial charge is 0.262 e. The lowest BCUT2D eigenvalue weighted by atomic mass is 10.1. The van der Waals surface area contributed by atoms with Gasteiger partial charge in [-0.05, 0) is 22.6 Å². The molecule has 1 amide bonds. The Bertz CT molecular complexity index is 784. The van der Waals surface area contributed by atoms with Gasteiger partial charge in [0.05, 0.1) is 11.0 Å². The maximum atomic E-state index is 12.6. The summed E-state index contributed by atoms with van der Waals surface area (Å²) in [5, 5.41) is 4.94. The minimum atomic E-state index is -0.157. The molecule has 0 fully saturated rings. The molecule has 0 saturated heterocycles. The van der Waals surface area contributed by atoms with Gasteiger partial charge in [-0.1, -0.05) is 60.7 Å². The monoisotopic (exact) mass is 337 g/mol. The van der Waals surface area contributed by atoms with Crippen molar-refractivity contribution < 1.29 is 9.53 Å². The standard InChI is InChI=1S/C20H19NO2S/c1-23-18(16-10-6-3-7-11-16)14-21-20(22)19-17(12-13-24-19)15-8-4-2-5-9-15/h2-13,18H,14H2,1H3,(H,21,22). The fraction of sp³-hybridized carbons (Fsp3) is 0.150. The van der Waals surface area contributed by atoms with E-state index in [1.54, 1.807) is 7.11 Å². The zero-order valence-corrected chi connectivity index (χ0v) is 14.3. The van der Waals surface area contributed by atoms with E-state index in [-0.39, 0.29) is 12.0 Å². The summed E-state index contributed by atoms with van der Waals surface area (Å²) in [5.41, 5.74) is 3.07. The van der Waals surface area contributed by atoms with Gasteiger partial charge in [0.1, 0.15) is 0 Å². The lowest BCUT2D eigenvalue weighted by molar-refractivity contribution is 0.0831. The highest BCUT2D eigenvalue weighted by Crippen LogP contribution is 2.28. The highest BCUT2D eigenvalue weighted by molar-refractivity contribution is 7.12. The first-order valence-corrected chi connectivity index (χ1v) is 8.66. The normalized spacial score (nSPS) is 11.9. The van der Waals surface area contributed by atoms with Crippen molar-refractivity contribution in [2.75, 3.05) is 13.7 Å². The Hall–Kier alpha value is -2.43. The van der Waals surface area contributed by atoms with Gasteiger partial charge in [-0.3, -0.25) is 4.79 Å². The van der Waals surface area contributed by atoms with Crippen LogP contribution < -0.4 is 5.32 Å². The summed E-state index contributed by atoms with van der Waals surface area (Å²) >= 11 is 1.45. The van der Waals surface area contributed by atoms with Crippen molar-refractivity contribution in [3.63, 3.8) is 0 Å². The van der Waals surface area contributed by atoms with Gasteiger partial charge in [0.2, 0.25) is 0 Å². The van der Waals surface area contributed by atoms with Crippen LogP contribution in [0.3, 0.4) is 0 Å².